The highest BCUT2D eigenvalue weighted by molar-refractivity contribution is 5.71. The number of nitrogens with two attached hydrogens (primary N) is 1. The molecule has 0 aliphatic carbocycles. The van der Waals surface area contributed by atoms with Crippen molar-refractivity contribution in [3.05, 3.63) is 21.9 Å². The van der Waals surface area contributed by atoms with Crippen molar-refractivity contribution >= 4 is 6.21 Å². The molecule has 1 heterocycles. The van der Waals surface area contributed by atoms with Crippen LogP contribution in [0, 0.1) is 10.1 Å². The van der Waals surface area contributed by atoms with E-state index in [0.29, 0.717) is 18.8 Å². The Labute approximate surface area is 94.3 Å². The highest BCUT2D eigenvalue weighted by atomic mass is 16.7. The first-order valence-corrected chi connectivity index (χ1v) is 5.37. The lowest BCUT2D eigenvalue weighted by Crippen LogP contribution is -2.44. The zero-order valence-corrected chi connectivity index (χ0v) is 9.39. The van der Waals surface area contributed by atoms with Gasteiger partial charge in [-0.1, -0.05) is 19.8 Å². The lowest BCUT2D eigenvalue weighted by Gasteiger charge is -2.21. The maximum Gasteiger partial charge on any atom is 0.382 e. The molecule has 0 aromatic carbocycles. The molecule has 1 atom stereocenters. The molecule has 0 aromatic heterocycles. The first kappa shape index (κ1) is 12.6. The summed E-state index contributed by atoms with van der Waals surface area (Å²) in [5.41, 5.74) is 4.25. The molecule has 0 fully saturated rings. The molecule has 6 heteroatoms. The Morgan fingerprint density at radius 1 is 1.69 bits per heavy atom. The van der Waals surface area contributed by atoms with Gasteiger partial charge in [0.1, 0.15) is 6.21 Å². The highest BCUT2D eigenvalue weighted by Crippen LogP contribution is 2.17. The van der Waals surface area contributed by atoms with Crippen LogP contribution in [0.4, 0.5) is 0 Å². The van der Waals surface area contributed by atoms with Crippen molar-refractivity contribution in [3.63, 3.8) is 0 Å². The lowest BCUT2D eigenvalue weighted by atomic mass is 10.1. The second kappa shape index (κ2) is 5.60. The predicted molar refractivity (Wildman–Crippen MR) is 60.8 cm³/mol. The van der Waals surface area contributed by atoms with Gasteiger partial charge in [0.2, 0.25) is 0 Å². The minimum absolute atomic E-state index is 0.300. The van der Waals surface area contributed by atoms with E-state index in [0.717, 1.165) is 19.3 Å². The smallest absolute Gasteiger partial charge is 0.382 e. The Morgan fingerprint density at radius 2 is 2.44 bits per heavy atom. The van der Waals surface area contributed by atoms with Crippen LogP contribution in [0.1, 0.15) is 26.2 Å². The molecule has 0 bridgehead atoms. The molecule has 0 spiro atoms. The third-order valence-electron chi connectivity index (χ3n) is 2.31. The van der Waals surface area contributed by atoms with Gasteiger partial charge in [-0.2, -0.15) is 0 Å². The van der Waals surface area contributed by atoms with Crippen LogP contribution in [0.25, 0.3) is 0 Å². The van der Waals surface area contributed by atoms with Gasteiger partial charge in [0.15, 0.2) is 0 Å². The quantitative estimate of drug-likeness (QED) is 0.318. The number of nitro groups is 1. The van der Waals surface area contributed by atoms with Crippen LogP contribution in [0.3, 0.4) is 0 Å². The van der Waals surface area contributed by atoms with Crippen molar-refractivity contribution in [2.45, 2.75) is 31.9 Å². The fraction of sp³-hybridized carbons (Fsp3) is 0.700. The van der Waals surface area contributed by atoms with Gasteiger partial charge in [-0.05, 0) is 6.42 Å². The van der Waals surface area contributed by atoms with Crippen LogP contribution < -0.4 is 5.73 Å². The van der Waals surface area contributed by atoms with E-state index < -0.39 is 10.6 Å². The molecule has 1 unspecified atom stereocenters. The summed E-state index contributed by atoms with van der Waals surface area (Å²) < 4.78 is 5.30. The molecule has 0 aromatic rings. The van der Waals surface area contributed by atoms with E-state index in [-0.39, 0.29) is 0 Å². The standard InChI is InChI=1S/C10H17N3O3/c1-2-3-4-5-16-10(13(14)15)6-9(11)7-12-8-10/h6,8H,2-5,7,11H2,1H3. The summed E-state index contributed by atoms with van der Waals surface area (Å²) in [6.45, 7) is 2.70. The number of aliphatic imine (C=N–C) groups is 1. The lowest BCUT2D eigenvalue weighted by molar-refractivity contribution is -0.587. The number of rotatable bonds is 6. The summed E-state index contributed by atoms with van der Waals surface area (Å²) in [6.07, 6.45) is 5.37. The molecule has 2 N–H and O–H groups in total. The maximum absolute atomic E-state index is 11.0. The van der Waals surface area contributed by atoms with Gasteiger partial charge in [-0.3, -0.25) is 15.1 Å². The van der Waals surface area contributed by atoms with E-state index in [1.807, 2.05) is 0 Å². The van der Waals surface area contributed by atoms with E-state index in [1.165, 1.54) is 12.3 Å². The fourth-order valence-corrected chi connectivity index (χ4v) is 1.45. The Kier molecular flexibility index (Phi) is 4.42. The SMILES string of the molecule is CCCCCOC1([N+](=O)[O-])C=NCC(N)=C1. The molecule has 16 heavy (non-hydrogen) atoms. The van der Waals surface area contributed by atoms with E-state index in [4.69, 9.17) is 10.5 Å². The number of unbranched alkanes of at least 4 members (excludes halogenated alkanes) is 2. The first-order valence-electron chi connectivity index (χ1n) is 5.37. The molecule has 1 aliphatic heterocycles. The van der Waals surface area contributed by atoms with Crippen LogP contribution in [0.5, 0.6) is 0 Å². The Morgan fingerprint density at radius 3 is 3.00 bits per heavy atom. The second-order valence-electron chi connectivity index (χ2n) is 3.75. The summed E-state index contributed by atoms with van der Waals surface area (Å²) >= 11 is 0. The number of ether oxygens (including phenoxy) is 1. The Hall–Kier alpha value is -1.43. The fourth-order valence-electron chi connectivity index (χ4n) is 1.45. The van der Waals surface area contributed by atoms with Gasteiger partial charge < -0.3 is 10.5 Å². The van der Waals surface area contributed by atoms with Crippen molar-refractivity contribution in [1.29, 1.82) is 0 Å². The van der Waals surface area contributed by atoms with Crippen molar-refractivity contribution in [3.8, 4) is 0 Å². The second-order valence-corrected chi connectivity index (χ2v) is 3.75. The van der Waals surface area contributed by atoms with Crippen molar-refractivity contribution in [1.82, 2.24) is 0 Å². The predicted octanol–water partition coefficient (Wildman–Crippen LogP) is 1.09. The average Bonchev–Trinajstić information content (AvgIpc) is 2.24. The Bertz CT molecular complexity index is 314. The first-order chi connectivity index (χ1) is 7.60. The molecule has 6 nitrogen and oxygen atoms in total. The van der Waals surface area contributed by atoms with Gasteiger partial charge >= 0.3 is 5.72 Å². The van der Waals surface area contributed by atoms with Gasteiger partial charge in [0.25, 0.3) is 0 Å². The normalized spacial score (nSPS) is 24.2. The number of nitrogens with zero attached hydrogens (tertiary/aromatic N) is 2. The topological polar surface area (TPSA) is 90.8 Å². The average molecular weight is 227 g/mol. The number of hydrogen-bond donors (Lipinski definition) is 1. The summed E-state index contributed by atoms with van der Waals surface area (Å²) in [7, 11) is 0. The zero-order chi connectivity index (χ0) is 12.0. The Balaban J connectivity index is 2.63. The highest BCUT2D eigenvalue weighted by Gasteiger charge is 2.42. The van der Waals surface area contributed by atoms with Crippen LogP contribution in [-0.2, 0) is 4.74 Å². The summed E-state index contributed by atoms with van der Waals surface area (Å²) in [5.74, 6) is 0. The number of hydrogen-bond acceptors (Lipinski definition) is 5. The van der Waals surface area contributed by atoms with Gasteiger partial charge in [-0.15, -0.1) is 0 Å². The van der Waals surface area contributed by atoms with Crippen LogP contribution in [0.15, 0.2) is 16.8 Å². The number of dihydropyridines is 1. The molecule has 0 radical (unpaired) electrons. The molecular formula is C10H17N3O3. The molecular weight excluding hydrogens is 210 g/mol. The summed E-state index contributed by atoms with van der Waals surface area (Å²) in [6, 6.07) is 0. The van der Waals surface area contributed by atoms with Gasteiger partial charge in [0.05, 0.1) is 18.1 Å². The van der Waals surface area contributed by atoms with Crippen molar-refractivity contribution in [2.75, 3.05) is 13.2 Å². The summed E-state index contributed by atoms with van der Waals surface area (Å²) in [5, 5.41) is 11.0. The molecule has 90 valence electrons. The molecule has 0 amide bonds. The minimum atomic E-state index is -1.66. The van der Waals surface area contributed by atoms with Crippen LogP contribution in [0.2, 0.25) is 0 Å². The largest absolute Gasteiger partial charge is 0.400 e. The van der Waals surface area contributed by atoms with Crippen molar-refractivity contribution < 1.29 is 9.66 Å². The van der Waals surface area contributed by atoms with Gasteiger partial charge in [0, 0.05) is 11.8 Å². The van der Waals surface area contributed by atoms with Gasteiger partial charge in [-0.25, -0.2) is 0 Å². The molecule has 1 aliphatic rings. The minimum Gasteiger partial charge on any atom is -0.400 e. The van der Waals surface area contributed by atoms with E-state index in [2.05, 4.69) is 11.9 Å². The van der Waals surface area contributed by atoms with Crippen LogP contribution in [-0.4, -0.2) is 30.0 Å². The molecule has 1 rings (SSSR count). The molecule has 0 saturated heterocycles. The third-order valence-corrected chi connectivity index (χ3v) is 2.31. The van der Waals surface area contributed by atoms with Crippen LogP contribution >= 0.6 is 0 Å². The van der Waals surface area contributed by atoms with E-state index >= 15 is 0 Å². The third kappa shape index (κ3) is 3.03. The van der Waals surface area contributed by atoms with Crippen molar-refractivity contribution in [2.24, 2.45) is 10.7 Å². The maximum atomic E-state index is 11.0. The summed E-state index contributed by atoms with van der Waals surface area (Å²) in [4.78, 5) is 14.3. The van der Waals surface area contributed by atoms with E-state index in [1.54, 1.807) is 0 Å². The van der Waals surface area contributed by atoms with E-state index in [9.17, 15) is 10.1 Å². The monoisotopic (exact) mass is 227 g/mol. The molecule has 0 saturated carbocycles. The zero-order valence-electron chi connectivity index (χ0n) is 9.39.